The highest BCUT2D eigenvalue weighted by molar-refractivity contribution is 9.10. The van der Waals surface area contributed by atoms with Gasteiger partial charge in [-0.25, -0.2) is 0 Å². The second-order valence-electron chi connectivity index (χ2n) is 5.38. The summed E-state index contributed by atoms with van der Waals surface area (Å²) in [5.74, 6) is 1.37. The van der Waals surface area contributed by atoms with Crippen molar-refractivity contribution in [1.29, 1.82) is 0 Å². The Labute approximate surface area is 121 Å². The van der Waals surface area contributed by atoms with Gasteiger partial charge in [0.15, 0.2) is 0 Å². The van der Waals surface area contributed by atoms with Gasteiger partial charge < -0.3 is 5.32 Å². The number of hydrogen-bond acceptors (Lipinski definition) is 4. The quantitative estimate of drug-likeness (QED) is 0.673. The third-order valence-electron chi connectivity index (χ3n) is 4.02. The molecule has 0 spiro atoms. The van der Waals surface area contributed by atoms with Crippen LogP contribution in [0.25, 0.3) is 0 Å². The molecule has 1 fully saturated rings. The standard InChI is InChI=1S/C13H18BrN3O2/c1-8-3-4-10(5-9(8)2)16-13-11(14)6-15-7-12(13)17(18)19/h6-10H,3-5H2,1-2H3,(H,15,16). The van der Waals surface area contributed by atoms with E-state index in [1.54, 1.807) is 6.20 Å². The largest absolute Gasteiger partial charge is 0.376 e. The van der Waals surface area contributed by atoms with Gasteiger partial charge in [-0.15, -0.1) is 0 Å². The zero-order valence-corrected chi connectivity index (χ0v) is 12.7. The highest BCUT2D eigenvalue weighted by atomic mass is 79.9. The lowest BCUT2D eigenvalue weighted by Gasteiger charge is -2.33. The van der Waals surface area contributed by atoms with Crippen LogP contribution < -0.4 is 5.32 Å². The van der Waals surface area contributed by atoms with E-state index in [1.165, 1.54) is 6.20 Å². The lowest BCUT2D eigenvalue weighted by molar-refractivity contribution is -0.384. The molecule has 1 saturated carbocycles. The number of anilines is 1. The van der Waals surface area contributed by atoms with E-state index in [0.717, 1.165) is 25.2 Å². The molecule has 0 saturated heterocycles. The minimum atomic E-state index is -0.394. The topological polar surface area (TPSA) is 68.1 Å². The minimum absolute atomic E-state index is 0.0284. The Morgan fingerprint density at radius 3 is 2.74 bits per heavy atom. The van der Waals surface area contributed by atoms with Crippen LogP contribution in [0.4, 0.5) is 11.4 Å². The zero-order chi connectivity index (χ0) is 14.0. The Hall–Kier alpha value is -1.17. The van der Waals surface area contributed by atoms with E-state index in [1.807, 2.05) is 0 Å². The summed E-state index contributed by atoms with van der Waals surface area (Å²) < 4.78 is 0.646. The number of rotatable bonds is 3. The van der Waals surface area contributed by atoms with Gasteiger partial charge in [0.1, 0.15) is 11.9 Å². The van der Waals surface area contributed by atoms with Gasteiger partial charge in [-0.2, -0.15) is 0 Å². The van der Waals surface area contributed by atoms with Gasteiger partial charge in [-0.05, 0) is 47.0 Å². The molecule has 3 unspecified atom stereocenters. The monoisotopic (exact) mass is 327 g/mol. The van der Waals surface area contributed by atoms with Crippen molar-refractivity contribution in [3.63, 3.8) is 0 Å². The number of aromatic nitrogens is 1. The summed E-state index contributed by atoms with van der Waals surface area (Å²) in [7, 11) is 0. The minimum Gasteiger partial charge on any atom is -0.376 e. The molecule has 0 aliphatic heterocycles. The lowest BCUT2D eigenvalue weighted by Crippen LogP contribution is -2.30. The van der Waals surface area contributed by atoms with Crippen molar-refractivity contribution in [2.75, 3.05) is 5.32 Å². The summed E-state index contributed by atoms with van der Waals surface area (Å²) in [5, 5.41) is 14.4. The number of halogens is 1. The number of nitrogens with zero attached hydrogens (tertiary/aromatic N) is 2. The molecule has 1 N–H and O–H groups in total. The third kappa shape index (κ3) is 3.23. The van der Waals surface area contributed by atoms with Gasteiger partial charge in [0.05, 0.1) is 9.40 Å². The van der Waals surface area contributed by atoms with Crippen LogP contribution in [-0.4, -0.2) is 15.9 Å². The Morgan fingerprint density at radius 1 is 1.37 bits per heavy atom. The van der Waals surface area contributed by atoms with Gasteiger partial charge in [-0.3, -0.25) is 15.1 Å². The van der Waals surface area contributed by atoms with E-state index < -0.39 is 4.92 Å². The SMILES string of the molecule is CC1CCC(Nc2c(Br)cncc2[N+](=O)[O-])CC1C. The van der Waals surface area contributed by atoms with E-state index >= 15 is 0 Å². The van der Waals surface area contributed by atoms with Crippen LogP contribution >= 0.6 is 15.9 Å². The van der Waals surface area contributed by atoms with Gasteiger partial charge in [-0.1, -0.05) is 13.8 Å². The van der Waals surface area contributed by atoms with E-state index in [4.69, 9.17) is 0 Å². The molecule has 1 aliphatic carbocycles. The number of nitro groups is 1. The molecule has 3 atom stereocenters. The third-order valence-corrected chi connectivity index (χ3v) is 4.62. The van der Waals surface area contributed by atoms with E-state index in [0.29, 0.717) is 22.1 Å². The van der Waals surface area contributed by atoms with E-state index in [-0.39, 0.29) is 5.69 Å². The number of hydrogen-bond donors (Lipinski definition) is 1. The lowest BCUT2D eigenvalue weighted by atomic mass is 9.79. The maximum Gasteiger partial charge on any atom is 0.311 e. The molecule has 19 heavy (non-hydrogen) atoms. The van der Waals surface area contributed by atoms with E-state index in [2.05, 4.69) is 40.1 Å². The Bertz CT molecular complexity index is 481. The predicted octanol–water partition coefficient (Wildman–Crippen LogP) is 3.99. The fourth-order valence-corrected chi connectivity index (χ4v) is 3.02. The highest BCUT2D eigenvalue weighted by Crippen LogP contribution is 2.36. The Balaban J connectivity index is 2.17. The average Bonchev–Trinajstić information content (AvgIpc) is 2.36. The molecule has 104 valence electrons. The molecular weight excluding hydrogens is 310 g/mol. The summed E-state index contributed by atoms with van der Waals surface area (Å²) in [6.45, 7) is 4.51. The average molecular weight is 328 g/mol. The van der Waals surface area contributed by atoms with Gasteiger partial charge in [0, 0.05) is 12.2 Å². The second kappa shape index (κ2) is 5.86. The number of nitrogens with one attached hydrogen (secondary N) is 1. The van der Waals surface area contributed by atoms with E-state index in [9.17, 15) is 10.1 Å². The zero-order valence-electron chi connectivity index (χ0n) is 11.1. The number of pyridine rings is 1. The molecule has 1 aliphatic rings. The fourth-order valence-electron chi connectivity index (χ4n) is 2.59. The molecule has 5 nitrogen and oxygen atoms in total. The first-order chi connectivity index (χ1) is 8.99. The van der Waals surface area contributed by atoms with Gasteiger partial charge >= 0.3 is 5.69 Å². The summed E-state index contributed by atoms with van der Waals surface area (Å²) >= 11 is 3.34. The summed E-state index contributed by atoms with van der Waals surface area (Å²) in [4.78, 5) is 14.5. The second-order valence-corrected chi connectivity index (χ2v) is 6.24. The molecule has 0 aromatic carbocycles. The molecule has 0 radical (unpaired) electrons. The first kappa shape index (κ1) is 14.2. The summed E-state index contributed by atoms with van der Waals surface area (Å²) in [6.07, 6.45) is 6.14. The Kier molecular flexibility index (Phi) is 4.39. The van der Waals surface area contributed by atoms with Crippen LogP contribution in [0.3, 0.4) is 0 Å². The van der Waals surface area contributed by atoms with Crippen molar-refractivity contribution >= 4 is 27.3 Å². The maximum atomic E-state index is 11.0. The molecule has 0 bridgehead atoms. The molecular formula is C13H18BrN3O2. The fraction of sp³-hybridized carbons (Fsp3) is 0.615. The van der Waals surface area contributed by atoms with Gasteiger partial charge in [0.25, 0.3) is 0 Å². The molecule has 2 rings (SSSR count). The first-order valence-electron chi connectivity index (χ1n) is 6.53. The van der Waals surface area contributed by atoms with Crippen LogP contribution in [0, 0.1) is 22.0 Å². The van der Waals surface area contributed by atoms with Crippen LogP contribution in [0.15, 0.2) is 16.9 Å². The van der Waals surface area contributed by atoms with Crippen molar-refractivity contribution < 1.29 is 4.92 Å². The van der Waals surface area contributed by atoms with Crippen LogP contribution in [0.2, 0.25) is 0 Å². The van der Waals surface area contributed by atoms with Crippen LogP contribution in [-0.2, 0) is 0 Å². The van der Waals surface area contributed by atoms with Crippen molar-refractivity contribution in [3.05, 3.63) is 27.0 Å². The van der Waals surface area contributed by atoms with Crippen molar-refractivity contribution in [1.82, 2.24) is 4.98 Å². The normalized spacial score (nSPS) is 27.0. The summed E-state index contributed by atoms with van der Waals surface area (Å²) in [5.41, 5.74) is 0.576. The molecule has 1 aromatic heterocycles. The van der Waals surface area contributed by atoms with Crippen molar-refractivity contribution in [2.24, 2.45) is 11.8 Å². The maximum absolute atomic E-state index is 11.0. The molecule has 1 aromatic rings. The summed E-state index contributed by atoms with van der Waals surface area (Å²) in [6, 6.07) is 0.295. The van der Waals surface area contributed by atoms with Crippen molar-refractivity contribution in [2.45, 2.75) is 39.2 Å². The first-order valence-corrected chi connectivity index (χ1v) is 7.32. The van der Waals surface area contributed by atoms with Crippen LogP contribution in [0.5, 0.6) is 0 Å². The van der Waals surface area contributed by atoms with Crippen LogP contribution in [0.1, 0.15) is 33.1 Å². The van der Waals surface area contributed by atoms with Crippen molar-refractivity contribution in [3.8, 4) is 0 Å². The molecule has 1 heterocycles. The molecule has 6 heteroatoms. The highest BCUT2D eigenvalue weighted by Gasteiger charge is 2.27. The smallest absolute Gasteiger partial charge is 0.311 e. The molecule has 0 amide bonds. The Morgan fingerprint density at radius 2 is 2.11 bits per heavy atom. The van der Waals surface area contributed by atoms with Gasteiger partial charge in [0.2, 0.25) is 0 Å². The predicted molar refractivity (Wildman–Crippen MR) is 78.2 cm³/mol.